The molecule has 0 aliphatic rings. The molecule has 1 rings (SSSR count). The summed E-state index contributed by atoms with van der Waals surface area (Å²) in [5, 5.41) is 0. The summed E-state index contributed by atoms with van der Waals surface area (Å²) >= 11 is 0. The van der Waals surface area contributed by atoms with E-state index >= 15 is 0 Å². The van der Waals surface area contributed by atoms with Gasteiger partial charge in [0, 0.05) is 25.2 Å². The minimum Gasteiger partial charge on any atom is -0.342 e. The fourth-order valence-electron chi connectivity index (χ4n) is 1.58. The molecule has 1 amide bonds. The molecule has 0 aromatic heterocycles. The molecular formula is C14H23ClN2O. The summed E-state index contributed by atoms with van der Waals surface area (Å²) in [6.07, 6.45) is 0.840. The molecule has 3 nitrogen and oxygen atoms in total. The van der Waals surface area contributed by atoms with Gasteiger partial charge in [-0.2, -0.15) is 0 Å². The van der Waals surface area contributed by atoms with Crippen molar-refractivity contribution in [3.8, 4) is 0 Å². The molecule has 0 radical (unpaired) electrons. The van der Waals surface area contributed by atoms with Gasteiger partial charge in [0.2, 0.25) is 0 Å². The van der Waals surface area contributed by atoms with Crippen LogP contribution in [-0.4, -0.2) is 30.4 Å². The Morgan fingerprint density at radius 2 is 1.83 bits per heavy atom. The summed E-state index contributed by atoms with van der Waals surface area (Å²) in [6, 6.07) is 9.48. The molecule has 1 unspecified atom stereocenters. The first-order valence-corrected chi connectivity index (χ1v) is 6.08. The summed E-state index contributed by atoms with van der Waals surface area (Å²) < 4.78 is 0. The summed E-state index contributed by atoms with van der Waals surface area (Å²) in [6.45, 7) is 4.90. The van der Waals surface area contributed by atoms with Crippen molar-refractivity contribution in [3.63, 3.8) is 0 Å². The zero-order valence-corrected chi connectivity index (χ0v) is 12.1. The standard InChI is InChI=1S/C14H22N2O.ClH/c1-11(2)13(15)9-10-16(3)14(17)12-7-5-4-6-8-12;/h4-8,11,13H,9-10,15H2,1-3H3;1H. The maximum atomic E-state index is 12.0. The fraction of sp³-hybridized carbons (Fsp3) is 0.500. The van der Waals surface area contributed by atoms with Crippen LogP contribution in [0.1, 0.15) is 30.6 Å². The molecule has 0 saturated carbocycles. The van der Waals surface area contributed by atoms with Crippen LogP contribution < -0.4 is 5.73 Å². The number of hydrogen-bond acceptors (Lipinski definition) is 2. The van der Waals surface area contributed by atoms with Crippen LogP contribution in [-0.2, 0) is 0 Å². The predicted octanol–water partition coefficient (Wildman–Crippen LogP) is 2.55. The largest absolute Gasteiger partial charge is 0.342 e. The molecule has 0 aliphatic carbocycles. The van der Waals surface area contributed by atoms with Crippen LogP contribution in [0.4, 0.5) is 0 Å². The summed E-state index contributed by atoms with van der Waals surface area (Å²) in [4.78, 5) is 13.7. The van der Waals surface area contributed by atoms with Crippen molar-refractivity contribution in [3.05, 3.63) is 35.9 Å². The first-order valence-electron chi connectivity index (χ1n) is 6.08. The van der Waals surface area contributed by atoms with Crippen LogP contribution in [0.2, 0.25) is 0 Å². The van der Waals surface area contributed by atoms with Gasteiger partial charge in [-0.25, -0.2) is 0 Å². The van der Waals surface area contributed by atoms with Gasteiger partial charge in [-0.05, 0) is 24.5 Å². The van der Waals surface area contributed by atoms with E-state index in [2.05, 4.69) is 13.8 Å². The maximum Gasteiger partial charge on any atom is 0.253 e. The van der Waals surface area contributed by atoms with Crippen LogP contribution in [0.15, 0.2) is 30.3 Å². The lowest BCUT2D eigenvalue weighted by molar-refractivity contribution is 0.0789. The van der Waals surface area contributed by atoms with Crippen LogP contribution in [0, 0.1) is 5.92 Å². The van der Waals surface area contributed by atoms with Gasteiger partial charge in [0.1, 0.15) is 0 Å². The molecule has 1 aromatic rings. The molecule has 0 heterocycles. The second kappa shape index (κ2) is 8.11. The molecule has 18 heavy (non-hydrogen) atoms. The zero-order chi connectivity index (χ0) is 12.8. The third kappa shape index (κ3) is 5.07. The van der Waals surface area contributed by atoms with Gasteiger partial charge >= 0.3 is 0 Å². The quantitative estimate of drug-likeness (QED) is 0.894. The van der Waals surface area contributed by atoms with Gasteiger partial charge in [0.15, 0.2) is 0 Å². The smallest absolute Gasteiger partial charge is 0.253 e. The number of carbonyl (C=O) groups is 1. The van der Waals surface area contributed by atoms with Gasteiger partial charge < -0.3 is 10.6 Å². The molecule has 0 saturated heterocycles. The van der Waals surface area contributed by atoms with E-state index < -0.39 is 0 Å². The van der Waals surface area contributed by atoms with Gasteiger partial charge in [-0.3, -0.25) is 4.79 Å². The van der Waals surface area contributed by atoms with E-state index in [0.29, 0.717) is 12.5 Å². The van der Waals surface area contributed by atoms with Gasteiger partial charge in [-0.1, -0.05) is 32.0 Å². The highest BCUT2D eigenvalue weighted by molar-refractivity contribution is 5.93. The Morgan fingerprint density at radius 1 is 1.28 bits per heavy atom. The first-order chi connectivity index (χ1) is 8.02. The van der Waals surface area contributed by atoms with E-state index in [4.69, 9.17) is 5.73 Å². The number of halogens is 1. The number of nitrogens with zero attached hydrogens (tertiary/aromatic N) is 1. The van der Waals surface area contributed by atoms with Crippen molar-refractivity contribution < 1.29 is 4.79 Å². The lowest BCUT2D eigenvalue weighted by atomic mass is 10.0. The zero-order valence-electron chi connectivity index (χ0n) is 11.3. The van der Waals surface area contributed by atoms with Crippen molar-refractivity contribution in [1.82, 2.24) is 4.90 Å². The molecular weight excluding hydrogens is 248 g/mol. The second-order valence-corrected chi connectivity index (χ2v) is 4.79. The average molecular weight is 271 g/mol. The maximum absolute atomic E-state index is 12.0. The Morgan fingerprint density at radius 3 is 2.33 bits per heavy atom. The highest BCUT2D eigenvalue weighted by atomic mass is 35.5. The molecule has 0 aliphatic heterocycles. The third-order valence-electron chi connectivity index (χ3n) is 3.02. The highest BCUT2D eigenvalue weighted by Gasteiger charge is 2.13. The fourth-order valence-corrected chi connectivity index (χ4v) is 1.58. The topological polar surface area (TPSA) is 46.3 Å². The number of amides is 1. The number of rotatable bonds is 5. The number of hydrogen-bond donors (Lipinski definition) is 1. The van der Waals surface area contributed by atoms with Crippen molar-refractivity contribution >= 4 is 18.3 Å². The van der Waals surface area contributed by atoms with Crippen molar-refractivity contribution in [2.45, 2.75) is 26.3 Å². The van der Waals surface area contributed by atoms with Crippen LogP contribution in [0.25, 0.3) is 0 Å². The predicted molar refractivity (Wildman–Crippen MR) is 78.1 cm³/mol. The number of carbonyl (C=O) groups excluding carboxylic acids is 1. The van der Waals surface area contributed by atoms with E-state index in [1.165, 1.54) is 0 Å². The molecule has 2 N–H and O–H groups in total. The lowest BCUT2D eigenvalue weighted by Crippen LogP contribution is -2.34. The minimum absolute atomic E-state index is 0. The van der Waals surface area contributed by atoms with Crippen LogP contribution in [0.3, 0.4) is 0 Å². The number of nitrogens with two attached hydrogens (primary N) is 1. The van der Waals surface area contributed by atoms with E-state index in [1.54, 1.807) is 4.90 Å². The Hall–Kier alpha value is -1.06. The van der Waals surface area contributed by atoms with E-state index in [9.17, 15) is 4.79 Å². The molecule has 102 valence electrons. The average Bonchev–Trinajstić information content (AvgIpc) is 2.35. The van der Waals surface area contributed by atoms with E-state index in [0.717, 1.165) is 12.0 Å². The molecule has 1 atom stereocenters. The highest BCUT2D eigenvalue weighted by Crippen LogP contribution is 2.07. The molecule has 0 spiro atoms. The van der Waals surface area contributed by atoms with Crippen molar-refractivity contribution in [2.24, 2.45) is 11.7 Å². The molecule has 1 aromatic carbocycles. The first kappa shape index (κ1) is 16.9. The van der Waals surface area contributed by atoms with E-state index in [1.807, 2.05) is 37.4 Å². The van der Waals surface area contributed by atoms with Crippen LogP contribution in [0.5, 0.6) is 0 Å². The molecule has 0 bridgehead atoms. The minimum atomic E-state index is 0. The van der Waals surface area contributed by atoms with Crippen molar-refractivity contribution in [1.29, 1.82) is 0 Å². The molecule has 0 fully saturated rings. The third-order valence-corrected chi connectivity index (χ3v) is 3.02. The summed E-state index contributed by atoms with van der Waals surface area (Å²) in [7, 11) is 1.82. The Balaban J connectivity index is 0.00000289. The van der Waals surface area contributed by atoms with E-state index in [-0.39, 0.29) is 24.4 Å². The Bertz CT molecular complexity index is 354. The van der Waals surface area contributed by atoms with Crippen molar-refractivity contribution in [2.75, 3.05) is 13.6 Å². The monoisotopic (exact) mass is 270 g/mol. The second-order valence-electron chi connectivity index (χ2n) is 4.79. The van der Waals surface area contributed by atoms with Gasteiger partial charge in [-0.15, -0.1) is 12.4 Å². The Kier molecular flexibility index (Phi) is 7.64. The number of benzene rings is 1. The Labute approximate surface area is 116 Å². The lowest BCUT2D eigenvalue weighted by Gasteiger charge is -2.21. The van der Waals surface area contributed by atoms with Gasteiger partial charge in [0.05, 0.1) is 0 Å². The summed E-state index contributed by atoms with van der Waals surface area (Å²) in [5.74, 6) is 0.511. The van der Waals surface area contributed by atoms with Gasteiger partial charge in [0.25, 0.3) is 5.91 Å². The molecule has 4 heteroatoms. The SMILES string of the molecule is CC(C)C(N)CCN(C)C(=O)c1ccccc1.Cl. The normalized spacial score (nSPS) is 11.8. The summed E-state index contributed by atoms with van der Waals surface area (Å²) in [5.41, 5.74) is 6.70. The van der Waals surface area contributed by atoms with Crippen LogP contribution >= 0.6 is 12.4 Å².